The first-order valence-electron chi connectivity index (χ1n) is 7.39. The minimum absolute atomic E-state index is 0.0674. The largest absolute Gasteiger partial charge is 0.349 e. The smallest absolute Gasteiger partial charge is 0.226 e. The molecule has 0 spiro atoms. The number of hydrogen-bond donors (Lipinski definition) is 1. The van der Waals surface area contributed by atoms with E-state index in [2.05, 4.69) is 41.5 Å². The second-order valence-electron chi connectivity index (χ2n) is 5.83. The number of benzene rings is 1. The lowest BCUT2D eigenvalue weighted by Crippen LogP contribution is -2.31. The topological polar surface area (TPSA) is 42.0 Å². The van der Waals surface area contributed by atoms with Gasteiger partial charge in [-0.1, -0.05) is 29.8 Å². The fraction of sp³-hybridized carbons (Fsp3) is 0.412. The normalized spacial score (nSPS) is 15.7. The molecule has 1 aliphatic rings. The highest BCUT2D eigenvalue weighted by molar-refractivity contribution is 7.09. The van der Waals surface area contributed by atoms with Crippen molar-refractivity contribution in [1.82, 2.24) is 10.3 Å². The van der Waals surface area contributed by atoms with E-state index < -0.39 is 0 Å². The Bertz CT molecular complexity index is 628. The highest BCUT2D eigenvalue weighted by Crippen LogP contribution is 2.41. The molecule has 1 fully saturated rings. The molecule has 0 saturated heterocycles. The Balaban J connectivity index is 1.67. The Morgan fingerprint density at radius 3 is 2.62 bits per heavy atom. The summed E-state index contributed by atoms with van der Waals surface area (Å²) < 4.78 is 0. The molecule has 1 unspecified atom stereocenters. The van der Waals surface area contributed by atoms with Crippen LogP contribution in [0.25, 0.3) is 0 Å². The van der Waals surface area contributed by atoms with Crippen LogP contribution in [0.15, 0.2) is 29.6 Å². The molecule has 1 aromatic carbocycles. The average Bonchev–Trinajstić information content (AvgIpc) is 3.21. The lowest BCUT2D eigenvalue weighted by molar-refractivity contribution is -0.121. The molecule has 4 heteroatoms. The third-order valence-electron chi connectivity index (χ3n) is 3.85. The van der Waals surface area contributed by atoms with Crippen LogP contribution in [0.5, 0.6) is 0 Å². The van der Waals surface area contributed by atoms with E-state index in [-0.39, 0.29) is 11.9 Å². The second-order valence-corrected chi connectivity index (χ2v) is 6.89. The summed E-state index contributed by atoms with van der Waals surface area (Å²) in [4.78, 5) is 16.6. The zero-order valence-corrected chi connectivity index (χ0v) is 13.2. The van der Waals surface area contributed by atoms with Crippen LogP contribution in [0.4, 0.5) is 0 Å². The van der Waals surface area contributed by atoms with Gasteiger partial charge in [0.1, 0.15) is 0 Å². The molecule has 3 nitrogen and oxygen atoms in total. The van der Waals surface area contributed by atoms with Crippen LogP contribution in [0.2, 0.25) is 0 Å². The number of hydrogen-bond acceptors (Lipinski definition) is 3. The van der Waals surface area contributed by atoms with E-state index in [4.69, 9.17) is 0 Å². The molecule has 110 valence electrons. The van der Waals surface area contributed by atoms with Crippen molar-refractivity contribution in [2.75, 3.05) is 0 Å². The number of nitrogens with one attached hydrogen (secondary N) is 1. The van der Waals surface area contributed by atoms with Crippen LogP contribution < -0.4 is 5.32 Å². The van der Waals surface area contributed by atoms with Gasteiger partial charge in [0.25, 0.3) is 0 Å². The molecule has 1 atom stereocenters. The molecule has 0 bridgehead atoms. The minimum atomic E-state index is 0.0674. The van der Waals surface area contributed by atoms with Gasteiger partial charge in [-0.15, -0.1) is 11.3 Å². The summed E-state index contributed by atoms with van der Waals surface area (Å²) in [5, 5.41) is 6.17. The van der Waals surface area contributed by atoms with Gasteiger partial charge in [-0.3, -0.25) is 4.79 Å². The van der Waals surface area contributed by atoms with Crippen molar-refractivity contribution in [3.8, 4) is 0 Å². The van der Waals surface area contributed by atoms with Gasteiger partial charge in [0, 0.05) is 5.38 Å². The monoisotopic (exact) mass is 300 g/mol. The highest BCUT2D eigenvalue weighted by Gasteiger charge is 2.33. The molecule has 0 aliphatic heterocycles. The van der Waals surface area contributed by atoms with E-state index in [1.807, 2.05) is 12.3 Å². The average molecular weight is 300 g/mol. The lowest BCUT2D eigenvalue weighted by Gasteiger charge is -2.19. The predicted molar refractivity (Wildman–Crippen MR) is 85.3 cm³/mol. The maximum Gasteiger partial charge on any atom is 0.226 e. The maximum atomic E-state index is 12.3. The van der Waals surface area contributed by atoms with E-state index in [0.29, 0.717) is 12.3 Å². The van der Waals surface area contributed by atoms with Gasteiger partial charge >= 0.3 is 0 Å². The number of aryl methyl sites for hydroxylation is 2. The van der Waals surface area contributed by atoms with Crippen LogP contribution in [0.3, 0.4) is 0 Å². The number of rotatable bonds is 5. The minimum Gasteiger partial charge on any atom is -0.349 e. The molecule has 21 heavy (non-hydrogen) atoms. The van der Waals surface area contributed by atoms with Crippen molar-refractivity contribution in [3.63, 3.8) is 0 Å². The van der Waals surface area contributed by atoms with Gasteiger partial charge in [-0.05, 0) is 38.2 Å². The summed E-state index contributed by atoms with van der Waals surface area (Å²) in [5.74, 6) is 0.659. The molecule has 1 aliphatic carbocycles. The van der Waals surface area contributed by atoms with Gasteiger partial charge in [-0.2, -0.15) is 0 Å². The third-order valence-corrected chi connectivity index (χ3v) is 4.68. The molecule has 1 N–H and O–H groups in total. The number of thiazole rings is 1. The molecule has 1 amide bonds. The number of amides is 1. The zero-order chi connectivity index (χ0) is 14.8. The van der Waals surface area contributed by atoms with E-state index >= 15 is 0 Å². The molecule has 1 heterocycles. The summed E-state index contributed by atoms with van der Waals surface area (Å²) in [5.41, 5.74) is 3.33. The summed E-state index contributed by atoms with van der Waals surface area (Å²) in [6.45, 7) is 4.05. The van der Waals surface area contributed by atoms with Gasteiger partial charge < -0.3 is 5.32 Å². The van der Waals surface area contributed by atoms with Gasteiger partial charge in [0.05, 0.1) is 23.2 Å². The van der Waals surface area contributed by atoms with Crippen molar-refractivity contribution in [1.29, 1.82) is 0 Å². The fourth-order valence-electron chi connectivity index (χ4n) is 2.56. The number of carbonyl (C=O) groups excluding carboxylic acids is 1. The van der Waals surface area contributed by atoms with Gasteiger partial charge in [-0.25, -0.2) is 4.98 Å². The van der Waals surface area contributed by atoms with Crippen LogP contribution >= 0.6 is 11.3 Å². The highest BCUT2D eigenvalue weighted by atomic mass is 32.1. The van der Waals surface area contributed by atoms with Crippen molar-refractivity contribution >= 4 is 17.2 Å². The summed E-state index contributed by atoms with van der Waals surface area (Å²) in [7, 11) is 0. The standard InChI is InChI=1S/C17H20N2OS/c1-11-3-5-13(6-4-11)17(14-7-8-14)19-16(20)9-15-10-21-12(2)18-15/h3-6,10,14,17H,7-9H2,1-2H3,(H,19,20). The Morgan fingerprint density at radius 2 is 2.05 bits per heavy atom. The quantitative estimate of drug-likeness (QED) is 0.917. The Morgan fingerprint density at radius 1 is 1.33 bits per heavy atom. The molecule has 3 rings (SSSR count). The van der Waals surface area contributed by atoms with E-state index in [0.717, 1.165) is 10.7 Å². The summed E-state index contributed by atoms with van der Waals surface area (Å²) in [6.07, 6.45) is 2.78. The first-order chi connectivity index (χ1) is 10.1. The van der Waals surface area contributed by atoms with Crippen molar-refractivity contribution in [2.24, 2.45) is 5.92 Å². The lowest BCUT2D eigenvalue weighted by atomic mass is 10.0. The molecule has 1 aromatic heterocycles. The van der Waals surface area contributed by atoms with Crippen molar-refractivity contribution in [3.05, 3.63) is 51.5 Å². The predicted octanol–water partition coefficient (Wildman–Crippen LogP) is 3.57. The second kappa shape index (κ2) is 5.98. The van der Waals surface area contributed by atoms with Crippen LogP contribution in [0, 0.1) is 19.8 Å². The number of nitrogens with zero attached hydrogens (tertiary/aromatic N) is 1. The van der Waals surface area contributed by atoms with Gasteiger partial charge in [0.2, 0.25) is 5.91 Å². The molecule has 0 radical (unpaired) electrons. The van der Waals surface area contributed by atoms with Crippen LogP contribution in [0.1, 0.15) is 40.7 Å². The van der Waals surface area contributed by atoms with Crippen LogP contribution in [-0.4, -0.2) is 10.9 Å². The van der Waals surface area contributed by atoms with Gasteiger partial charge in [0.15, 0.2) is 0 Å². The summed E-state index contributed by atoms with van der Waals surface area (Å²) >= 11 is 1.59. The molecule has 2 aromatic rings. The summed E-state index contributed by atoms with van der Waals surface area (Å²) in [6, 6.07) is 8.64. The SMILES string of the molecule is Cc1ccc(C(NC(=O)Cc2csc(C)n2)C2CC2)cc1. The Hall–Kier alpha value is -1.68. The Labute approximate surface area is 129 Å². The first kappa shape index (κ1) is 14.3. The van der Waals surface area contributed by atoms with E-state index in [1.165, 1.54) is 24.0 Å². The fourth-order valence-corrected chi connectivity index (χ4v) is 3.17. The van der Waals surface area contributed by atoms with Crippen molar-refractivity contribution < 1.29 is 4.79 Å². The Kier molecular flexibility index (Phi) is 4.06. The number of aromatic nitrogens is 1. The van der Waals surface area contributed by atoms with Crippen molar-refractivity contribution in [2.45, 2.75) is 39.2 Å². The number of carbonyl (C=O) groups is 1. The molecule has 1 saturated carbocycles. The molecular formula is C17H20N2OS. The molecular weight excluding hydrogens is 280 g/mol. The first-order valence-corrected chi connectivity index (χ1v) is 8.27. The van der Waals surface area contributed by atoms with Crippen LogP contribution in [-0.2, 0) is 11.2 Å². The van der Waals surface area contributed by atoms with E-state index in [9.17, 15) is 4.79 Å². The third kappa shape index (κ3) is 3.70. The van der Waals surface area contributed by atoms with E-state index in [1.54, 1.807) is 11.3 Å². The zero-order valence-electron chi connectivity index (χ0n) is 12.4. The maximum absolute atomic E-state index is 12.3.